The fraction of sp³-hybridized carbons (Fsp3) is 0.600. The molecule has 1 heterocycles. The highest BCUT2D eigenvalue weighted by molar-refractivity contribution is 7.99. The second kappa shape index (κ2) is 6.46. The van der Waals surface area contributed by atoms with Crippen LogP contribution in [0, 0.1) is 13.8 Å². The lowest BCUT2D eigenvalue weighted by Crippen LogP contribution is -2.20. The van der Waals surface area contributed by atoms with Gasteiger partial charge in [0.25, 0.3) is 0 Å². The van der Waals surface area contributed by atoms with Gasteiger partial charge in [-0.3, -0.25) is 0 Å². The smallest absolute Gasteiger partial charge is 0.0104 e. The highest BCUT2D eigenvalue weighted by atomic mass is 32.2. The first kappa shape index (κ1) is 13.0. The summed E-state index contributed by atoms with van der Waals surface area (Å²) in [7, 11) is 0. The molecule has 0 radical (unpaired) electrons. The van der Waals surface area contributed by atoms with Gasteiger partial charge < -0.3 is 5.32 Å². The molecule has 1 saturated heterocycles. The zero-order chi connectivity index (χ0) is 12.1. The first-order chi connectivity index (χ1) is 8.25. The van der Waals surface area contributed by atoms with E-state index in [9.17, 15) is 0 Å². The lowest BCUT2D eigenvalue weighted by molar-refractivity contribution is 0.553. The van der Waals surface area contributed by atoms with Crippen LogP contribution >= 0.6 is 11.8 Å². The molecule has 1 aliphatic heterocycles. The van der Waals surface area contributed by atoms with Gasteiger partial charge >= 0.3 is 0 Å². The lowest BCUT2D eigenvalue weighted by atomic mass is 10.1. The maximum Gasteiger partial charge on any atom is 0.0104 e. The largest absolute Gasteiger partial charge is 0.314 e. The van der Waals surface area contributed by atoms with E-state index in [0.29, 0.717) is 0 Å². The van der Waals surface area contributed by atoms with E-state index in [-0.39, 0.29) is 0 Å². The van der Waals surface area contributed by atoms with Gasteiger partial charge in [0.2, 0.25) is 0 Å². The molecule has 1 fully saturated rings. The number of benzene rings is 1. The Morgan fingerprint density at radius 2 is 2.24 bits per heavy atom. The van der Waals surface area contributed by atoms with Crippen molar-refractivity contribution in [2.75, 3.05) is 12.3 Å². The van der Waals surface area contributed by atoms with Gasteiger partial charge in [0.15, 0.2) is 0 Å². The zero-order valence-corrected chi connectivity index (χ0v) is 11.8. The predicted molar refractivity (Wildman–Crippen MR) is 76.9 cm³/mol. The molecule has 1 nitrogen and oxygen atoms in total. The molecule has 94 valence electrons. The molecule has 0 aliphatic carbocycles. The van der Waals surface area contributed by atoms with Crippen LogP contribution in [0.2, 0.25) is 0 Å². The van der Waals surface area contributed by atoms with Gasteiger partial charge in [-0.2, -0.15) is 0 Å². The Morgan fingerprint density at radius 3 is 3.00 bits per heavy atom. The molecular formula is C15H23NS. The van der Waals surface area contributed by atoms with Gasteiger partial charge in [0, 0.05) is 10.9 Å². The highest BCUT2D eigenvalue weighted by Crippen LogP contribution is 2.25. The summed E-state index contributed by atoms with van der Waals surface area (Å²) in [5.74, 6) is 1.25. The van der Waals surface area contributed by atoms with E-state index in [1.54, 1.807) is 0 Å². The Morgan fingerprint density at radius 1 is 1.35 bits per heavy atom. The monoisotopic (exact) mass is 249 g/mol. The van der Waals surface area contributed by atoms with Gasteiger partial charge in [-0.25, -0.2) is 0 Å². The molecule has 0 spiro atoms. The summed E-state index contributed by atoms with van der Waals surface area (Å²) in [5, 5.41) is 3.57. The van der Waals surface area contributed by atoms with Crippen LogP contribution in [-0.2, 0) is 0 Å². The summed E-state index contributed by atoms with van der Waals surface area (Å²) < 4.78 is 0. The summed E-state index contributed by atoms with van der Waals surface area (Å²) in [6, 6.07) is 7.54. The van der Waals surface area contributed by atoms with Crippen molar-refractivity contribution >= 4 is 11.8 Å². The van der Waals surface area contributed by atoms with Crippen LogP contribution in [0.5, 0.6) is 0 Å². The predicted octanol–water partition coefficient (Wildman–Crippen LogP) is 3.93. The molecule has 1 unspecified atom stereocenters. The van der Waals surface area contributed by atoms with Crippen molar-refractivity contribution in [3.05, 3.63) is 29.3 Å². The number of nitrogens with one attached hydrogen (secondary N) is 1. The summed E-state index contributed by atoms with van der Waals surface area (Å²) in [6.07, 6.45) is 5.43. The average Bonchev–Trinajstić information content (AvgIpc) is 2.82. The Hall–Kier alpha value is -0.470. The molecule has 2 rings (SSSR count). The SMILES string of the molecule is Cc1ccc(C)c(SCCCC2CCCN2)c1. The number of hydrogen-bond donors (Lipinski definition) is 1. The van der Waals surface area contributed by atoms with E-state index in [2.05, 4.69) is 37.4 Å². The lowest BCUT2D eigenvalue weighted by Gasteiger charge is -2.10. The van der Waals surface area contributed by atoms with Gasteiger partial charge in [0.1, 0.15) is 0 Å². The third kappa shape index (κ3) is 4.04. The van der Waals surface area contributed by atoms with Crippen molar-refractivity contribution in [3.63, 3.8) is 0 Å². The van der Waals surface area contributed by atoms with E-state index in [4.69, 9.17) is 0 Å². The normalized spacial score (nSPS) is 19.8. The average molecular weight is 249 g/mol. The minimum atomic E-state index is 0.800. The maximum atomic E-state index is 3.57. The van der Waals surface area contributed by atoms with Crippen LogP contribution < -0.4 is 5.32 Å². The number of aryl methyl sites for hydroxylation is 2. The number of rotatable bonds is 5. The molecule has 1 atom stereocenters. The molecular weight excluding hydrogens is 226 g/mol. The molecule has 0 amide bonds. The quantitative estimate of drug-likeness (QED) is 0.627. The second-order valence-electron chi connectivity index (χ2n) is 5.05. The highest BCUT2D eigenvalue weighted by Gasteiger charge is 2.12. The maximum absolute atomic E-state index is 3.57. The van der Waals surface area contributed by atoms with E-state index in [1.807, 2.05) is 11.8 Å². The second-order valence-corrected chi connectivity index (χ2v) is 6.19. The minimum Gasteiger partial charge on any atom is -0.314 e. The minimum absolute atomic E-state index is 0.800. The first-order valence-corrected chi connectivity index (χ1v) is 7.68. The summed E-state index contributed by atoms with van der Waals surface area (Å²) >= 11 is 2.02. The molecule has 0 saturated carbocycles. The molecule has 1 aromatic rings. The molecule has 17 heavy (non-hydrogen) atoms. The van der Waals surface area contributed by atoms with Crippen molar-refractivity contribution in [2.24, 2.45) is 0 Å². The van der Waals surface area contributed by atoms with Crippen LogP contribution in [0.25, 0.3) is 0 Å². The van der Waals surface area contributed by atoms with Crippen LogP contribution in [0.4, 0.5) is 0 Å². The van der Waals surface area contributed by atoms with Crippen molar-refractivity contribution in [1.82, 2.24) is 5.32 Å². The molecule has 1 aliphatic rings. The Labute approximate surface area is 109 Å². The van der Waals surface area contributed by atoms with Crippen LogP contribution in [0.1, 0.15) is 36.8 Å². The van der Waals surface area contributed by atoms with Gasteiger partial charge in [-0.05, 0) is 63.5 Å². The topological polar surface area (TPSA) is 12.0 Å². The fourth-order valence-electron chi connectivity index (χ4n) is 2.38. The summed E-state index contributed by atoms with van der Waals surface area (Å²) in [4.78, 5) is 1.46. The van der Waals surface area contributed by atoms with Crippen molar-refractivity contribution in [2.45, 2.75) is 50.5 Å². The molecule has 1 N–H and O–H groups in total. The molecule has 2 heteroatoms. The van der Waals surface area contributed by atoms with Crippen LogP contribution in [0.15, 0.2) is 23.1 Å². The molecule has 1 aromatic carbocycles. The Bertz CT molecular complexity index is 356. The van der Waals surface area contributed by atoms with E-state index >= 15 is 0 Å². The number of hydrogen-bond acceptors (Lipinski definition) is 2. The zero-order valence-electron chi connectivity index (χ0n) is 11.0. The Balaban J connectivity index is 1.72. The molecule has 0 aromatic heterocycles. The first-order valence-electron chi connectivity index (χ1n) is 6.69. The summed E-state index contributed by atoms with van der Waals surface area (Å²) in [5.41, 5.74) is 2.79. The standard InChI is InChI=1S/C15H23NS/c1-12-7-8-13(2)15(11-12)17-10-4-6-14-5-3-9-16-14/h7-8,11,14,16H,3-6,9-10H2,1-2H3. The van der Waals surface area contributed by atoms with Gasteiger partial charge in [-0.15, -0.1) is 11.8 Å². The van der Waals surface area contributed by atoms with E-state index in [1.165, 1.54) is 54.0 Å². The van der Waals surface area contributed by atoms with Gasteiger partial charge in [-0.1, -0.05) is 17.7 Å². The van der Waals surface area contributed by atoms with Crippen molar-refractivity contribution in [3.8, 4) is 0 Å². The third-order valence-electron chi connectivity index (χ3n) is 3.46. The number of thioether (sulfide) groups is 1. The van der Waals surface area contributed by atoms with Crippen LogP contribution in [-0.4, -0.2) is 18.3 Å². The third-order valence-corrected chi connectivity index (χ3v) is 4.70. The molecule has 0 bridgehead atoms. The fourth-order valence-corrected chi connectivity index (χ4v) is 3.47. The van der Waals surface area contributed by atoms with Crippen molar-refractivity contribution < 1.29 is 0 Å². The van der Waals surface area contributed by atoms with E-state index in [0.717, 1.165) is 6.04 Å². The van der Waals surface area contributed by atoms with Crippen LogP contribution in [0.3, 0.4) is 0 Å². The van der Waals surface area contributed by atoms with Gasteiger partial charge in [0.05, 0.1) is 0 Å². The van der Waals surface area contributed by atoms with E-state index < -0.39 is 0 Å². The van der Waals surface area contributed by atoms with Crippen molar-refractivity contribution in [1.29, 1.82) is 0 Å². The summed E-state index contributed by atoms with van der Waals surface area (Å²) in [6.45, 7) is 5.61. The Kier molecular flexibility index (Phi) is 4.93.